The van der Waals surface area contributed by atoms with Gasteiger partial charge in [-0.05, 0) is 36.2 Å². The lowest BCUT2D eigenvalue weighted by atomic mass is 9.92. The Bertz CT molecular complexity index is 1180. The molecule has 0 unspecified atom stereocenters. The van der Waals surface area contributed by atoms with Gasteiger partial charge in [-0.3, -0.25) is 9.40 Å². The highest BCUT2D eigenvalue weighted by Gasteiger charge is 2.30. The number of anilines is 1. The summed E-state index contributed by atoms with van der Waals surface area (Å²) in [5.74, 6) is -0.421. The molecule has 0 spiro atoms. The highest BCUT2D eigenvalue weighted by Crippen LogP contribution is 2.29. The topological polar surface area (TPSA) is 90.3 Å². The van der Waals surface area contributed by atoms with E-state index in [9.17, 15) is 13.2 Å². The Morgan fingerprint density at radius 1 is 1.06 bits per heavy atom. The molecule has 8 heteroatoms. The number of benzene rings is 2. The lowest BCUT2D eigenvalue weighted by Gasteiger charge is -2.18. The van der Waals surface area contributed by atoms with Gasteiger partial charge in [-0.15, -0.1) is 0 Å². The zero-order chi connectivity index (χ0) is 24.1. The molecule has 7 nitrogen and oxygen atoms in total. The van der Waals surface area contributed by atoms with Crippen LogP contribution in [0.4, 0.5) is 5.69 Å². The second-order valence-electron chi connectivity index (χ2n) is 8.95. The molecule has 1 heterocycles. The third-order valence-corrected chi connectivity index (χ3v) is 6.40. The largest absolute Gasteiger partial charge is 0.462 e. The predicted octanol–water partition coefficient (Wildman–Crippen LogP) is 4.99. The summed E-state index contributed by atoms with van der Waals surface area (Å²) in [6, 6.07) is 16.0. The number of hydrogen-bond donors (Lipinski definition) is 1. The van der Waals surface area contributed by atoms with Crippen molar-refractivity contribution >= 4 is 21.7 Å². The molecule has 3 rings (SSSR count). The molecule has 0 aliphatic rings. The highest BCUT2D eigenvalue weighted by molar-refractivity contribution is 7.92. The molecule has 0 aliphatic carbocycles. The third kappa shape index (κ3) is 6.44. The average Bonchev–Trinajstić information content (AvgIpc) is 3.20. The molecule has 1 aromatic heterocycles. The van der Waals surface area contributed by atoms with E-state index in [1.54, 1.807) is 35.1 Å². The Balaban J connectivity index is 1.82. The number of unbranched alkanes of at least 4 members (excludes halogenated alkanes) is 1. The summed E-state index contributed by atoms with van der Waals surface area (Å²) in [6.07, 6.45) is 3.31. The van der Waals surface area contributed by atoms with Crippen LogP contribution in [0.2, 0.25) is 0 Å². The third-order valence-electron chi connectivity index (χ3n) is 5.02. The number of carbonyl (C=O) groups excluding carboxylic acids is 1. The molecule has 0 atom stereocenters. The van der Waals surface area contributed by atoms with Gasteiger partial charge in [-0.25, -0.2) is 13.2 Å². The van der Waals surface area contributed by atoms with Crippen molar-refractivity contribution in [3.63, 3.8) is 0 Å². The zero-order valence-corrected chi connectivity index (χ0v) is 20.4. The van der Waals surface area contributed by atoms with Crippen molar-refractivity contribution in [1.82, 2.24) is 9.78 Å². The summed E-state index contributed by atoms with van der Waals surface area (Å²) in [6.45, 7) is 8.65. The van der Waals surface area contributed by atoms with Gasteiger partial charge in [0.1, 0.15) is 4.90 Å². The number of nitrogens with zero attached hydrogens (tertiary/aromatic N) is 2. The smallest absolute Gasteiger partial charge is 0.338 e. The molecular weight excluding hydrogens is 438 g/mol. The van der Waals surface area contributed by atoms with E-state index >= 15 is 0 Å². The maximum absolute atomic E-state index is 13.3. The van der Waals surface area contributed by atoms with Crippen molar-refractivity contribution in [3.05, 3.63) is 77.6 Å². The highest BCUT2D eigenvalue weighted by atomic mass is 32.2. The van der Waals surface area contributed by atoms with Crippen LogP contribution in [0.15, 0.2) is 65.7 Å². The molecule has 176 valence electrons. The van der Waals surface area contributed by atoms with Crippen LogP contribution in [0, 0.1) is 0 Å². The zero-order valence-electron chi connectivity index (χ0n) is 19.5. The van der Waals surface area contributed by atoms with Crippen LogP contribution in [0.25, 0.3) is 0 Å². The standard InChI is InChI=1S/C25H31N3O4S/c1-5-6-16-32-24(29)20-12-14-21(15-13-20)27-33(30,31)22-18-28(26-23(22)25(2,3)4)17-19-10-8-7-9-11-19/h7-15,18,27H,5-6,16-17H2,1-4H3. The van der Waals surface area contributed by atoms with E-state index in [0.717, 1.165) is 18.4 Å². The first-order chi connectivity index (χ1) is 15.6. The number of hydrogen-bond acceptors (Lipinski definition) is 5. The van der Waals surface area contributed by atoms with Gasteiger partial charge in [0.05, 0.1) is 24.4 Å². The molecule has 0 radical (unpaired) electrons. The van der Waals surface area contributed by atoms with E-state index in [1.807, 2.05) is 58.0 Å². The summed E-state index contributed by atoms with van der Waals surface area (Å²) in [4.78, 5) is 12.2. The van der Waals surface area contributed by atoms with Crippen molar-refractivity contribution < 1.29 is 17.9 Å². The molecule has 1 N–H and O–H groups in total. The lowest BCUT2D eigenvalue weighted by Crippen LogP contribution is -2.20. The maximum Gasteiger partial charge on any atom is 0.338 e. The van der Waals surface area contributed by atoms with Gasteiger partial charge in [0.25, 0.3) is 10.0 Å². The van der Waals surface area contributed by atoms with Crippen LogP contribution in [0.3, 0.4) is 0 Å². The number of nitrogens with one attached hydrogen (secondary N) is 1. The van der Waals surface area contributed by atoms with Crippen molar-refractivity contribution in [2.45, 2.75) is 57.4 Å². The minimum atomic E-state index is -3.90. The van der Waals surface area contributed by atoms with Crippen molar-refractivity contribution in [2.24, 2.45) is 0 Å². The van der Waals surface area contributed by atoms with Crippen LogP contribution in [-0.2, 0) is 26.7 Å². The molecule has 3 aromatic rings. The fraction of sp³-hybridized carbons (Fsp3) is 0.360. The van der Waals surface area contributed by atoms with Gasteiger partial charge in [-0.2, -0.15) is 5.10 Å². The van der Waals surface area contributed by atoms with Gasteiger partial charge in [0.2, 0.25) is 0 Å². The summed E-state index contributed by atoms with van der Waals surface area (Å²) in [5.41, 5.74) is 1.77. The molecule has 0 fully saturated rings. The molecule has 33 heavy (non-hydrogen) atoms. The molecule has 0 amide bonds. The predicted molar refractivity (Wildman–Crippen MR) is 129 cm³/mol. The summed E-state index contributed by atoms with van der Waals surface area (Å²) in [5, 5.41) is 4.59. The van der Waals surface area contributed by atoms with Crippen molar-refractivity contribution in [1.29, 1.82) is 0 Å². The molecule has 0 bridgehead atoms. The Kier molecular flexibility index (Phi) is 7.58. The normalized spacial score (nSPS) is 11.9. The van der Waals surface area contributed by atoms with E-state index in [-0.39, 0.29) is 4.90 Å². The number of esters is 1. The summed E-state index contributed by atoms with van der Waals surface area (Å²) >= 11 is 0. The first-order valence-corrected chi connectivity index (χ1v) is 12.5. The minimum Gasteiger partial charge on any atom is -0.462 e. The quantitative estimate of drug-likeness (QED) is 0.352. The average molecular weight is 470 g/mol. The van der Waals surface area contributed by atoms with Crippen molar-refractivity contribution in [3.8, 4) is 0 Å². The van der Waals surface area contributed by atoms with Crippen LogP contribution < -0.4 is 4.72 Å². The summed E-state index contributed by atoms with van der Waals surface area (Å²) in [7, 11) is -3.90. The Morgan fingerprint density at radius 2 is 1.73 bits per heavy atom. The van der Waals surface area contributed by atoms with Crippen LogP contribution >= 0.6 is 0 Å². The van der Waals surface area contributed by atoms with Gasteiger partial charge in [-0.1, -0.05) is 64.4 Å². The minimum absolute atomic E-state index is 0.133. The monoisotopic (exact) mass is 469 g/mol. The number of aromatic nitrogens is 2. The molecular formula is C25H31N3O4S. The van der Waals surface area contributed by atoms with Gasteiger partial charge in [0.15, 0.2) is 0 Å². The van der Waals surface area contributed by atoms with Crippen LogP contribution in [0.5, 0.6) is 0 Å². The Labute approximate surface area is 195 Å². The molecule has 2 aromatic carbocycles. The molecule has 0 aliphatic heterocycles. The Morgan fingerprint density at radius 3 is 2.33 bits per heavy atom. The fourth-order valence-electron chi connectivity index (χ4n) is 3.25. The summed E-state index contributed by atoms with van der Waals surface area (Å²) < 4.78 is 36.0. The van der Waals surface area contributed by atoms with Crippen molar-refractivity contribution in [2.75, 3.05) is 11.3 Å². The Hall–Kier alpha value is -3.13. The first-order valence-electron chi connectivity index (χ1n) is 11.0. The van der Waals surface area contributed by atoms with Gasteiger partial charge < -0.3 is 4.74 Å². The number of carbonyl (C=O) groups is 1. The second kappa shape index (κ2) is 10.2. The number of ether oxygens (including phenoxy) is 1. The molecule has 0 saturated carbocycles. The van der Waals surface area contributed by atoms with E-state index in [4.69, 9.17) is 4.74 Å². The SMILES string of the molecule is CCCCOC(=O)c1ccc(NS(=O)(=O)c2cn(Cc3ccccc3)nc2C(C)(C)C)cc1. The van der Waals surface area contributed by atoms with Crippen LogP contribution in [-0.4, -0.2) is 30.8 Å². The van der Waals surface area contributed by atoms with E-state index in [1.165, 1.54) is 0 Å². The lowest BCUT2D eigenvalue weighted by molar-refractivity contribution is 0.0500. The van der Waals surface area contributed by atoms with Gasteiger partial charge in [0, 0.05) is 17.3 Å². The fourth-order valence-corrected chi connectivity index (χ4v) is 4.67. The first kappa shape index (κ1) is 24.5. The van der Waals surface area contributed by atoms with Crippen LogP contribution in [0.1, 0.15) is 62.2 Å². The number of rotatable bonds is 9. The second-order valence-corrected chi connectivity index (χ2v) is 10.6. The van der Waals surface area contributed by atoms with Gasteiger partial charge >= 0.3 is 5.97 Å². The molecule has 0 saturated heterocycles. The van der Waals surface area contributed by atoms with E-state index in [2.05, 4.69) is 9.82 Å². The van der Waals surface area contributed by atoms with E-state index in [0.29, 0.717) is 30.1 Å². The maximum atomic E-state index is 13.3. The van der Waals surface area contributed by atoms with E-state index < -0.39 is 21.4 Å². The number of sulfonamides is 1.